The lowest BCUT2D eigenvalue weighted by Gasteiger charge is -2.16. The second-order valence-corrected chi connectivity index (χ2v) is 8.29. The van der Waals surface area contributed by atoms with Crippen LogP contribution in [-0.2, 0) is 0 Å². The number of thiazole rings is 1. The number of alkyl halides is 3. The van der Waals surface area contributed by atoms with Gasteiger partial charge in [-0.3, -0.25) is 9.59 Å². The number of thiophene rings is 1. The van der Waals surface area contributed by atoms with Crippen LogP contribution in [0.15, 0.2) is 30.3 Å². The minimum absolute atomic E-state index is 0.0459. The molecule has 6 nitrogen and oxygen atoms in total. The van der Waals surface area contributed by atoms with Crippen molar-refractivity contribution in [3.63, 3.8) is 0 Å². The molecule has 2 N–H and O–H groups in total. The summed E-state index contributed by atoms with van der Waals surface area (Å²) >= 11 is 2.71. The van der Waals surface area contributed by atoms with Crippen LogP contribution < -0.4 is 15.5 Å². The summed E-state index contributed by atoms with van der Waals surface area (Å²) in [6.45, 7) is 4.30. The van der Waals surface area contributed by atoms with Gasteiger partial charge in [0.15, 0.2) is 5.13 Å². The topological polar surface area (TPSA) is 74.3 Å². The number of hydrogen-bond acceptors (Lipinski definition) is 6. The molecule has 0 saturated carbocycles. The molecule has 0 saturated heterocycles. The Bertz CT molecular complexity index is 1030. The highest BCUT2D eigenvalue weighted by atomic mass is 32.1. The van der Waals surface area contributed by atoms with Gasteiger partial charge in [-0.1, -0.05) is 23.5 Å². The number of halogens is 3. The van der Waals surface area contributed by atoms with Gasteiger partial charge in [0.1, 0.15) is 11.4 Å². The van der Waals surface area contributed by atoms with Gasteiger partial charge in [0.2, 0.25) is 0 Å². The number of nitrogens with one attached hydrogen (secondary N) is 2. The Hall–Kier alpha value is -2.66. The maximum absolute atomic E-state index is 12.7. The van der Waals surface area contributed by atoms with Crippen molar-refractivity contribution >= 4 is 54.8 Å². The zero-order valence-corrected chi connectivity index (χ0v) is 17.8. The van der Waals surface area contributed by atoms with Crippen LogP contribution in [0, 0.1) is 0 Å². The number of carbonyl (C=O) groups excluding carboxylic acids is 2. The molecule has 0 aliphatic heterocycles. The average molecular weight is 457 g/mol. The Kier molecular flexibility index (Phi) is 6.61. The standard InChI is InChI=1S/C19H19F3N4O2S2/c1-3-26(4-2)18-25-17-14(30-18)9-13(29-17)16(28)24-12-8-6-5-7-11(12)15(27)23-10-19(20,21)22/h5-9H,3-4,10H2,1-2H3,(H,23,27)(H,24,28). The van der Waals surface area contributed by atoms with E-state index in [1.807, 2.05) is 19.2 Å². The summed E-state index contributed by atoms with van der Waals surface area (Å²) in [6.07, 6.45) is -4.52. The molecular weight excluding hydrogens is 437 g/mol. The number of fused-ring (bicyclic) bond motifs is 1. The lowest BCUT2D eigenvalue weighted by Crippen LogP contribution is -2.34. The first-order valence-corrected chi connectivity index (χ1v) is 10.8. The highest BCUT2D eigenvalue weighted by molar-refractivity contribution is 7.29. The fourth-order valence-corrected chi connectivity index (χ4v) is 4.95. The van der Waals surface area contributed by atoms with Crippen molar-refractivity contribution < 1.29 is 22.8 Å². The van der Waals surface area contributed by atoms with Crippen LogP contribution in [0.4, 0.5) is 24.0 Å². The summed E-state index contributed by atoms with van der Waals surface area (Å²) < 4.78 is 38.0. The highest BCUT2D eigenvalue weighted by Crippen LogP contribution is 2.35. The third kappa shape index (κ3) is 5.08. The Morgan fingerprint density at radius 1 is 1.10 bits per heavy atom. The molecule has 0 unspecified atom stereocenters. The van der Waals surface area contributed by atoms with Crippen LogP contribution in [0.1, 0.15) is 33.9 Å². The van der Waals surface area contributed by atoms with Crippen molar-refractivity contribution in [3.05, 3.63) is 40.8 Å². The number of carbonyl (C=O) groups is 2. The second kappa shape index (κ2) is 9.00. The first kappa shape index (κ1) is 22.0. The minimum Gasteiger partial charge on any atom is -0.349 e. The van der Waals surface area contributed by atoms with Crippen molar-refractivity contribution in [2.75, 3.05) is 29.9 Å². The van der Waals surface area contributed by atoms with Crippen LogP contribution in [0.25, 0.3) is 9.53 Å². The van der Waals surface area contributed by atoms with Gasteiger partial charge < -0.3 is 15.5 Å². The molecule has 0 fully saturated rings. The van der Waals surface area contributed by atoms with E-state index in [4.69, 9.17) is 0 Å². The molecule has 0 radical (unpaired) electrons. The van der Waals surface area contributed by atoms with Gasteiger partial charge in [0.25, 0.3) is 11.8 Å². The Labute approximate surface area is 178 Å². The molecule has 0 atom stereocenters. The van der Waals surface area contributed by atoms with Crippen LogP contribution >= 0.6 is 22.7 Å². The number of hydrogen-bond donors (Lipinski definition) is 2. The monoisotopic (exact) mass is 456 g/mol. The molecule has 3 rings (SSSR count). The lowest BCUT2D eigenvalue weighted by molar-refractivity contribution is -0.123. The lowest BCUT2D eigenvalue weighted by atomic mass is 10.1. The predicted molar refractivity (Wildman–Crippen MR) is 114 cm³/mol. The third-order valence-corrected chi connectivity index (χ3v) is 6.43. The molecule has 1 aromatic carbocycles. The smallest absolute Gasteiger partial charge is 0.349 e. The van der Waals surface area contributed by atoms with E-state index in [9.17, 15) is 22.8 Å². The summed E-state index contributed by atoms with van der Waals surface area (Å²) in [5, 5.41) is 5.31. The van der Waals surface area contributed by atoms with Crippen LogP contribution in [0.5, 0.6) is 0 Å². The van der Waals surface area contributed by atoms with Gasteiger partial charge in [-0.15, -0.1) is 11.3 Å². The van der Waals surface area contributed by atoms with E-state index in [0.29, 0.717) is 4.88 Å². The molecule has 2 aromatic heterocycles. The molecule has 160 valence electrons. The Balaban J connectivity index is 1.76. The van der Waals surface area contributed by atoms with Crippen LogP contribution in [0.2, 0.25) is 0 Å². The molecule has 2 amide bonds. The predicted octanol–water partition coefficient (Wildman–Crippen LogP) is 4.75. The third-order valence-electron chi connectivity index (χ3n) is 4.21. The Morgan fingerprint density at radius 3 is 2.43 bits per heavy atom. The zero-order chi connectivity index (χ0) is 21.9. The van der Waals surface area contributed by atoms with Gasteiger partial charge in [-0.05, 0) is 32.0 Å². The van der Waals surface area contributed by atoms with E-state index in [-0.39, 0.29) is 11.3 Å². The number of nitrogens with zero attached hydrogens (tertiary/aromatic N) is 2. The van der Waals surface area contributed by atoms with Crippen molar-refractivity contribution in [2.24, 2.45) is 0 Å². The molecule has 0 aliphatic rings. The number of aromatic nitrogens is 1. The number of anilines is 2. The quantitative estimate of drug-likeness (QED) is 0.538. The van der Waals surface area contributed by atoms with E-state index in [1.165, 1.54) is 40.9 Å². The van der Waals surface area contributed by atoms with Gasteiger partial charge in [0.05, 0.1) is 20.8 Å². The van der Waals surface area contributed by atoms with E-state index in [1.54, 1.807) is 12.1 Å². The van der Waals surface area contributed by atoms with Gasteiger partial charge in [-0.25, -0.2) is 4.98 Å². The average Bonchev–Trinajstić information content (AvgIpc) is 3.26. The first-order chi connectivity index (χ1) is 14.2. The van der Waals surface area contributed by atoms with Gasteiger partial charge >= 0.3 is 6.18 Å². The maximum Gasteiger partial charge on any atom is 0.405 e. The molecule has 30 heavy (non-hydrogen) atoms. The molecule has 11 heteroatoms. The summed E-state index contributed by atoms with van der Waals surface area (Å²) in [4.78, 5) is 32.6. The van der Waals surface area contributed by atoms with Crippen molar-refractivity contribution in [1.82, 2.24) is 10.3 Å². The van der Waals surface area contributed by atoms with Crippen molar-refractivity contribution in [3.8, 4) is 0 Å². The summed E-state index contributed by atoms with van der Waals surface area (Å²) in [7, 11) is 0. The summed E-state index contributed by atoms with van der Waals surface area (Å²) in [5.74, 6) is -1.37. The van der Waals surface area contributed by atoms with Crippen molar-refractivity contribution in [1.29, 1.82) is 0 Å². The maximum atomic E-state index is 12.7. The largest absolute Gasteiger partial charge is 0.405 e. The van der Waals surface area contributed by atoms with E-state index >= 15 is 0 Å². The Morgan fingerprint density at radius 2 is 1.80 bits per heavy atom. The SMILES string of the molecule is CCN(CC)c1nc2sc(C(=O)Nc3ccccc3C(=O)NCC(F)(F)F)cc2s1. The van der Waals surface area contributed by atoms with Crippen LogP contribution in [0.3, 0.4) is 0 Å². The number of para-hydroxylation sites is 1. The molecule has 3 aromatic rings. The van der Waals surface area contributed by atoms with E-state index in [2.05, 4.69) is 15.2 Å². The summed E-state index contributed by atoms with van der Waals surface area (Å²) in [6, 6.07) is 7.64. The molecule has 2 heterocycles. The van der Waals surface area contributed by atoms with E-state index < -0.39 is 24.5 Å². The molecule has 0 bridgehead atoms. The van der Waals surface area contributed by atoms with Gasteiger partial charge in [0, 0.05) is 13.1 Å². The normalized spacial score (nSPS) is 11.5. The fraction of sp³-hybridized carbons (Fsp3) is 0.316. The van der Waals surface area contributed by atoms with Crippen LogP contribution in [-0.4, -0.2) is 42.6 Å². The minimum atomic E-state index is -4.52. The van der Waals surface area contributed by atoms with Crippen molar-refractivity contribution in [2.45, 2.75) is 20.0 Å². The molecule has 0 aliphatic carbocycles. The molecule has 0 spiro atoms. The molecular formula is C19H19F3N4O2S2. The zero-order valence-electron chi connectivity index (χ0n) is 16.2. The number of rotatable bonds is 7. The van der Waals surface area contributed by atoms with E-state index in [0.717, 1.165) is 27.8 Å². The fourth-order valence-electron chi connectivity index (χ4n) is 2.71. The number of benzene rings is 1. The van der Waals surface area contributed by atoms with Gasteiger partial charge in [-0.2, -0.15) is 13.2 Å². The first-order valence-electron chi connectivity index (χ1n) is 9.12. The number of amides is 2. The highest BCUT2D eigenvalue weighted by Gasteiger charge is 2.28. The summed E-state index contributed by atoms with van der Waals surface area (Å²) in [5.41, 5.74) is 0.0890. The second-order valence-electron chi connectivity index (χ2n) is 6.25.